The summed E-state index contributed by atoms with van der Waals surface area (Å²) in [5, 5.41) is 6.62. The van der Waals surface area contributed by atoms with E-state index in [1.165, 1.54) is 31.6 Å². The van der Waals surface area contributed by atoms with Gasteiger partial charge in [0.15, 0.2) is 5.83 Å². The number of carbonyl (C=O) groups excluding carboxylic acids is 1. The molecule has 4 rings (SSSR count). The van der Waals surface area contributed by atoms with Crippen LogP contribution in [0.3, 0.4) is 0 Å². The van der Waals surface area contributed by atoms with E-state index in [0.29, 0.717) is 44.5 Å². The molecule has 0 aliphatic rings. The van der Waals surface area contributed by atoms with E-state index in [9.17, 15) is 13.6 Å². The van der Waals surface area contributed by atoms with Gasteiger partial charge < -0.3 is 25.0 Å². The Labute approximate surface area is 229 Å². The van der Waals surface area contributed by atoms with Gasteiger partial charge in [-0.05, 0) is 62.1 Å². The van der Waals surface area contributed by atoms with Gasteiger partial charge in [0.1, 0.15) is 36.1 Å². The van der Waals surface area contributed by atoms with Crippen LogP contribution < -0.4 is 20.1 Å². The Hall–Kier alpha value is -4.28. The number of benzene rings is 3. The third kappa shape index (κ3) is 7.18. The number of aromatic nitrogens is 2. The lowest BCUT2D eigenvalue weighted by atomic mass is 10.1. The molecule has 0 aliphatic carbocycles. The fraction of sp³-hybridized carbons (Fsp3) is 0.179. The van der Waals surface area contributed by atoms with E-state index < -0.39 is 11.7 Å². The van der Waals surface area contributed by atoms with Gasteiger partial charge in [-0.15, -0.1) is 0 Å². The largest absolute Gasteiger partial charge is 0.494 e. The summed E-state index contributed by atoms with van der Waals surface area (Å²) in [4.78, 5) is 22.7. The summed E-state index contributed by atoms with van der Waals surface area (Å²) in [5.41, 5.74) is 2.07. The predicted octanol–water partition coefficient (Wildman–Crippen LogP) is 6.11. The van der Waals surface area contributed by atoms with Crippen molar-refractivity contribution in [3.63, 3.8) is 0 Å². The van der Waals surface area contributed by atoms with Crippen LogP contribution >= 0.6 is 11.6 Å². The molecule has 0 bridgehead atoms. The van der Waals surface area contributed by atoms with Crippen LogP contribution in [0.5, 0.6) is 11.5 Å². The number of anilines is 3. The summed E-state index contributed by atoms with van der Waals surface area (Å²) < 4.78 is 38.8. The number of rotatable bonds is 10. The number of hydrogen-bond donors (Lipinski definition) is 2. The Balaban J connectivity index is 1.56. The highest BCUT2D eigenvalue weighted by Crippen LogP contribution is 2.35. The summed E-state index contributed by atoms with van der Waals surface area (Å²) in [5.74, 6) is -0.998. The van der Waals surface area contributed by atoms with Crippen LogP contribution in [0.4, 0.5) is 26.0 Å². The first-order chi connectivity index (χ1) is 18.7. The second-order valence-corrected chi connectivity index (χ2v) is 9.16. The molecule has 1 aromatic heterocycles. The third-order valence-electron chi connectivity index (χ3n) is 5.54. The molecule has 0 saturated heterocycles. The fourth-order valence-electron chi connectivity index (χ4n) is 3.61. The van der Waals surface area contributed by atoms with Gasteiger partial charge in [-0.1, -0.05) is 23.7 Å². The highest BCUT2D eigenvalue weighted by Gasteiger charge is 2.16. The number of nitrogens with zero attached hydrogens (tertiary/aromatic N) is 3. The average Bonchev–Trinajstić information content (AvgIpc) is 2.91. The van der Waals surface area contributed by atoms with E-state index >= 15 is 0 Å². The zero-order chi connectivity index (χ0) is 27.9. The molecule has 1 amide bonds. The molecule has 2 N–H and O–H groups in total. The molecule has 4 aromatic rings. The van der Waals surface area contributed by atoms with Gasteiger partial charge in [0.25, 0.3) is 5.91 Å². The normalized spacial score (nSPS) is 11.5. The Morgan fingerprint density at radius 3 is 2.64 bits per heavy atom. The Bertz CT molecular complexity index is 1530. The maximum Gasteiger partial charge on any atom is 0.284 e. The second kappa shape index (κ2) is 12.5. The van der Waals surface area contributed by atoms with Crippen LogP contribution in [0.25, 0.3) is 10.9 Å². The Kier molecular flexibility index (Phi) is 8.90. The highest BCUT2D eigenvalue weighted by molar-refractivity contribution is 6.32. The minimum atomic E-state index is -0.914. The summed E-state index contributed by atoms with van der Waals surface area (Å²) >= 11 is 6.43. The van der Waals surface area contributed by atoms with Crippen molar-refractivity contribution in [2.24, 2.45) is 0 Å². The maximum atomic E-state index is 14.3. The summed E-state index contributed by atoms with van der Waals surface area (Å²) in [6.07, 6.45) is 2.57. The maximum absolute atomic E-state index is 14.3. The van der Waals surface area contributed by atoms with Crippen LogP contribution in [0.2, 0.25) is 5.02 Å². The van der Waals surface area contributed by atoms with E-state index in [4.69, 9.17) is 21.1 Å². The number of ether oxygens (including phenoxy) is 2. The topological polar surface area (TPSA) is 88.6 Å². The predicted molar refractivity (Wildman–Crippen MR) is 148 cm³/mol. The van der Waals surface area contributed by atoms with Crippen LogP contribution in [0, 0.1) is 5.82 Å². The van der Waals surface area contributed by atoms with E-state index in [0.717, 1.165) is 0 Å². The molecular formula is C28H26ClF2N5O3. The van der Waals surface area contributed by atoms with Gasteiger partial charge in [-0.3, -0.25) is 4.79 Å². The molecule has 0 unspecified atom stereocenters. The van der Waals surface area contributed by atoms with Crippen molar-refractivity contribution in [3.05, 3.63) is 89.2 Å². The van der Waals surface area contributed by atoms with Gasteiger partial charge in [0, 0.05) is 23.7 Å². The van der Waals surface area contributed by atoms with Crippen molar-refractivity contribution < 1.29 is 23.0 Å². The monoisotopic (exact) mass is 553 g/mol. The molecule has 202 valence electrons. The van der Waals surface area contributed by atoms with Crippen molar-refractivity contribution >= 4 is 45.6 Å². The molecule has 0 atom stereocenters. The van der Waals surface area contributed by atoms with Crippen molar-refractivity contribution in [2.75, 3.05) is 38.4 Å². The zero-order valence-corrected chi connectivity index (χ0v) is 22.2. The lowest BCUT2D eigenvalue weighted by Gasteiger charge is -2.14. The SMILES string of the molecule is COc1cc2ncnc(Nc3ccc(OCc4cccc(F)c4)c(Cl)c3)c2cc1NC(=O)/C(F)=C\CN(C)C. The first kappa shape index (κ1) is 27.7. The number of likely N-dealkylation sites (N-methyl/N-ethyl adjacent to an activating group) is 1. The van der Waals surface area contributed by atoms with Crippen molar-refractivity contribution in [1.29, 1.82) is 0 Å². The van der Waals surface area contributed by atoms with Gasteiger partial charge in [-0.2, -0.15) is 0 Å². The van der Waals surface area contributed by atoms with Crippen LogP contribution in [0.1, 0.15) is 5.56 Å². The van der Waals surface area contributed by atoms with Gasteiger partial charge >= 0.3 is 0 Å². The number of nitrogens with one attached hydrogen (secondary N) is 2. The minimum Gasteiger partial charge on any atom is -0.494 e. The van der Waals surface area contributed by atoms with E-state index in [-0.39, 0.29) is 24.7 Å². The molecule has 8 nitrogen and oxygen atoms in total. The van der Waals surface area contributed by atoms with Gasteiger partial charge in [0.2, 0.25) is 0 Å². The molecule has 0 aliphatic heterocycles. The third-order valence-corrected chi connectivity index (χ3v) is 5.83. The van der Waals surface area contributed by atoms with Crippen LogP contribution in [-0.2, 0) is 11.4 Å². The zero-order valence-electron chi connectivity index (χ0n) is 21.5. The first-order valence-corrected chi connectivity index (χ1v) is 12.2. The second-order valence-electron chi connectivity index (χ2n) is 8.75. The van der Waals surface area contributed by atoms with Gasteiger partial charge in [0.05, 0.1) is 23.3 Å². The minimum absolute atomic E-state index is 0.155. The Morgan fingerprint density at radius 1 is 1.10 bits per heavy atom. The van der Waals surface area contributed by atoms with Crippen LogP contribution in [-0.4, -0.2) is 48.5 Å². The number of amides is 1. The molecule has 0 fully saturated rings. The molecule has 1 heterocycles. The van der Waals surface area contributed by atoms with E-state index in [2.05, 4.69) is 20.6 Å². The molecule has 39 heavy (non-hydrogen) atoms. The number of carbonyl (C=O) groups is 1. The Morgan fingerprint density at radius 2 is 1.92 bits per heavy atom. The summed E-state index contributed by atoms with van der Waals surface area (Å²) in [6.45, 7) is 0.426. The smallest absolute Gasteiger partial charge is 0.284 e. The summed E-state index contributed by atoms with van der Waals surface area (Å²) in [6, 6.07) is 14.4. The molecule has 0 spiro atoms. The first-order valence-electron chi connectivity index (χ1n) is 11.8. The molecule has 11 heteroatoms. The van der Waals surface area contributed by atoms with Gasteiger partial charge in [-0.25, -0.2) is 18.7 Å². The van der Waals surface area contributed by atoms with E-state index in [1.807, 2.05) is 0 Å². The lowest BCUT2D eigenvalue weighted by molar-refractivity contribution is -0.114. The number of halogens is 3. The van der Waals surface area contributed by atoms with Crippen LogP contribution in [0.15, 0.2) is 72.8 Å². The number of methoxy groups -OCH3 is 1. The molecule has 0 saturated carbocycles. The molecular weight excluding hydrogens is 528 g/mol. The lowest BCUT2D eigenvalue weighted by Crippen LogP contribution is -2.16. The number of hydrogen-bond acceptors (Lipinski definition) is 7. The van der Waals surface area contributed by atoms with Crippen molar-refractivity contribution in [1.82, 2.24) is 14.9 Å². The standard InChI is InChI=1S/C28H26ClF2N5O3/c1-36(2)10-9-22(31)28(37)35-24-13-20-23(14-26(24)38-3)32-16-33-27(20)34-19-7-8-25(21(29)12-19)39-15-17-5-4-6-18(30)11-17/h4-9,11-14,16H,10,15H2,1-3H3,(H,35,37)(H,32,33,34)/b22-9+. The quantitative estimate of drug-likeness (QED) is 0.229. The number of fused-ring (bicyclic) bond motifs is 1. The molecule has 0 radical (unpaired) electrons. The van der Waals surface area contributed by atoms with Crippen molar-refractivity contribution in [3.8, 4) is 11.5 Å². The van der Waals surface area contributed by atoms with Crippen molar-refractivity contribution in [2.45, 2.75) is 6.61 Å². The highest BCUT2D eigenvalue weighted by atomic mass is 35.5. The molecule has 3 aromatic carbocycles. The fourth-order valence-corrected chi connectivity index (χ4v) is 3.84. The van der Waals surface area contributed by atoms with E-state index in [1.54, 1.807) is 61.5 Å². The average molecular weight is 554 g/mol. The summed E-state index contributed by atoms with van der Waals surface area (Å²) in [7, 11) is 4.97.